The van der Waals surface area contributed by atoms with E-state index in [0.717, 1.165) is 18.2 Å². The molecule has 0 N–H and O–H groups in total. The minimum absolute atomic E-state index is 0.625. The van der Waals surface area contributed by atoms with Crippen molar-refractivity contribution in [1.29, 1.82) is 0 Å². The average molecular weight is 204 g/mol. The summed E-state index contributed by atoms with van der Waals surface area (Å²) in [5, 5.41) is 9.13. The molecule has 1 aromatic carbocycles. The summed E-state index contributed by atoms with van der Waals surface area (Å²) in [6.45, 7) is 0. The van der Waals surface area contributed by atoms with Crippen LogP contribution in [0.3, 0.4) is 0 Å². The molecule has 0 unspecified atom stereocenters. The molecule has 0 heterocycles. The first-order chi connectivity index (χ1) is 6.04. The lowest BCUT2D eigenvalue weighted by Crippen LogP contribution is -2.01. The normalized spacial score (nSPS) is 9.69. The Morgan fingerprint density at radius 1 is 1.54 bits per heavy atom. The fraction of sp³-hybridized carbons (Fsp3) is 0. The van der Waals surface area contributed by atoms with Crippen LogP contribution in [0.4, 0.5) is 10.1 Å². The van der Waals surface area contributed by atoms with Crippen LogP contribution in [-0.4, -0.2) is 10.2 Å². The number of nitro benzene ring substituents is 1. The van der Waals surface area contributed by atoms with Crippen LogP contribution in [0.25, 0.3) is 0 Å². The molecule has 1 rings (SSSR count). The Morgan fingerprint density at radius 2 is 2.15 bits per heavy atom. The molecular formula is C7H3ClFNO3. The van der Waals surface area contributed by atoms with Crippen molar-refractivity contribution >= 4 is 22.5 Å². The highest BCUT2D eigenvalue weighted by Crippen LogP contribution is 2.22. The zero-order chi connectivity index (χ0) is 10.0. The van der Waals surface area contributed by atoms with Crippen molar-refractivity contribution in [3.8, 4) is 0 Å². The van der Waals surface area contributed by atoms with E-state index in [1.165, 1.54) is 0 Å². The van der Waals surface area contributed by atoms with E-state index in [4.69, 9.17) is 11.6 Å². The van der Waals surface area contributed by atoms with Gasteiger partial charge in [0.05, 0.1) is 4.92 Å². The van der Waals surface area contributed by atoms with Gasteiger partial charge >= 0.3 is 0 Å². The molecular weight excluding hydrogens is 201 g/mol. The molecule has 0 aliphatic rings. The van der Waals surface area contributed by atoms with E-state index in [1.54, 1.807) is 0 Å². The molecule has 0 saturated heterocycles. The van der Waals surface area contributed by atoms with Gasteiger partial charge in [-0.2, -0.15) is 0 Å². The zero-order valence-electron chi connectivity index (χ0n) is 6.16. The van der Waals surface area contributed by atoms with Crippen molar-refractivity contribution < 1.29 is 14.1 Å². The first kappa shape index (κ1) is 9.60. The molecule has 0 radical (unpaired) electrons. The van der Waals surface area contributed by atoms with Gasteiger partial charge in [-0.15, -0.1) is 0 Å². The van der Waals surface area contributed by atoms with Crippen molar-refractivity contribution in [3.63, 3.8) is 0 Å². The van der Waals surface area contributed by atoms with Crippen LogP contribution in [0, 0.1) is 15.9 Å². The number of benzene rings is 1. The summed E-state index contributed by atoms with van der Waals surface area (Å²) in [6, 6.07) is 3.08. The van der Waals surface area contributed by atoms with Crippen molar-refractivity contribution in [2.75, 3.05) is 0 Å². The van der Waals surface area contributed by atoms with Gasteiger partial charge in [0.25, 0.3) is 10.9 Å². The average Bonchev–Trinajstić information content (AvgIpc) is 2.02. The number of carbonyl (C=O) groups excluding carboxylic acids is 1. The maximum atomic E-state index is 12.9. The molecule has 0 spiro atoms. The Bertz CT molecular complexity index is 380. The van der Waals surface area contributed by atoms with Gasteiger partial charge in [0, 0.05) is 6.07 Å². The molecule has 0 fully saturated rings. The SMILES string of the molecule is O=C(Cl)c1c(F)cccc1[N+](=O)[O-]. The molecule has 68 valence electrons. The minimum atomic E-state index is -1.18. The summed E-state index contributed by atoms with van der Waals surface area (Å²) in [7, 11) is 0. The molecule has 13 heavy (non-hydrogen) atoms. The van der Waals surface area contributed by atoms with Crippen molar-refractivity contribution in [1.82, 2.24) is 0 Å². The number of rotatable bonds is 2. The highest BCUT2D eigenvalue weighted by molar-refractivity contribution is 6.68. The summed E-state index contributed by atoms with van der Waals surface area (Å²) in [6.07, 6.45) is 0. The van der Waals surface area contributed by atoms with Crippen LogP contribution < -0.4 is 0 Å². The van der Waals surface area contributed by atoms with Gasteiger partial charge in [-0.1, -0.05) is 6.07 Å². The van der Waals surface area contributed by atoms with Gasteiger partial charge in [0.2, 0.25) is 0 Å². The predicted octanol–water partition coefficient (Wildman–Crippen LogP) is 2.11. The largest absolute Gasteiger partial charge is 0.284 e. The smallest absolute Gasteiger partial charge is 0.275 e. The van der Waals surface area contributed by atoms with Crippen LogP contribution in [0.1, 0.15) is 10.4 Å². The third kappa shape index (κ3) is 1.81. The van der Waals surface area contributed by atoms with Gasteiger partial charge in [-0.05, 0) is 17.7 Å². The molecule has 0 amide bonds. The van der Waals surface area contributed by atoms with Crippen LogP contribution in [0.5, 0.6) is 0 Å². The maximum absolute atomic E-state index is 12.9. The first-order valence-electron chi connectivity index (χ1n) is 3.16. The number of carbonyl (C=O) groups is 1. The molecule has 1 aromatic rings. The molecule has 0 bridgehead atoms. The Labute approximate surface area is 77.1 Å². The summed E-state index contributed by atoms with van der Waals surface area (Å²) in [4.78, 5) is 20.1. The lowest BCUT2D eigenvalue weighted by molar-refractivity contribution is -0.385. The van der Waals surface area contributed by atoms with Crippen molar-refractivity contribution in [3.05, 3.63) is 39.7 Å². The number of nitrogens with zero attached hydrogens (tertiary/aromatic N) is 1. The van der Waals surface area contributed by atoms with E-state index in [-0.39, 0.29) is 0 Å². The fourth-order valence-electron chi connectivity index (χ4n) is 0.859. The number of halogens is 2. The molecule has 0 aromatic heterocycles. The zero-order valence-corrected chi connectivity index (χ0v) is 6.92. The van der Waals surface area contributed by atoms with Gasteiger partial charge in [0.1, 0.15) is 11.4 Å². The molecule has 4 nitrogen and oxygen atoms in total. The lowest BCUT2D eigenvalue weighted by atomic mass is 10.2. The highest BCUT2D eigenvalue weighted by atomic mass is 35.5. The molecule has 0 saturated carbocycles. The van der Waals surface area contributed by atoms with Crippen molar-refractivity contribution in [2.45, 2.75) is 0 Å². The molecule has 0 atom stereocenters. The third-order valence-corrected chi connectivity index (χ3v) is 1.57. The van der Waals surface area contributed by atoms with Crippen LogP contribution >= 0.6 is 11.6 Å². The van der Waals surface area contributed by atoms with E-state index in [0.29, 0.717) is 0 Å². The van der Waals surface area contributed by atoms with Gasteiger partial charge in [-0.25, -0.2) is 4.39 Å². The summed E-state index contributed by atoms with van der Waals surface area (Å²) < 4.78 is 12.9. The second-order valence-corrected chi connectivity index (χ2v) is 2.51. The van der Waals surface area contributed by atoms with Crippen LogP contribution in [-0.2, 0) is 0 Å². The summed E-state index contributed by atoms with van der Waals surface area (Å²) >= 11 is 4.97. The second kappa shape index (κ2) is 3.49. The van der Waals surface area contributed by atoms with E-state index in [2.05, 4.69) is 0 Å². The Kier molecular flexibility index (Phi) is 2.57. The number of hydrogen-bond donors (Lipinski definition) is 0. The monoisotopic (exact) mass is 203 g/mol. The van der Waals surface area contributed by atoms with Crippen LogP contribution in [0.15, 0.2) is 18.2 Å². The predicted molar refractivity (Wildman–Crippen MR) is 43.2 cm³/mol. The Hall–Kier alpha value is -1.49. The maximum Gasteiger partial charge on any atom is 0.284 e. The quantitative estimate of drug-likeness (QED) is 0.420. The van der Waals surface area contributed by atoms with Crippen LogP contribution in [0.2, 0.25) is 0 Å². The highest BCUT2D eigenvalue weighted by Gasteiger charge is 2.22. The number of hydrogen-bond acceptors (Lipinski definition) is 3. The lowest BCUT2D eigenvalue weighted by Gasteiger charge is -1.97. The second-order valence-electron chi connectivity index (χ2n) is 2.16. The first-order valence-corrected chi connectivity index (χ1v) is 3.54. The van der Waals surface area contributed by atoms with E-state index >= 15 is 0 Å². The standard InChI is InChI=1S/C7H3ClFNO3/c8-7(11)6-4(9)2-1-3-5(6)10(12)13/h1-3H. The molecule has 0 aliphatic carbocycles. The third-order valence-electron chi connectivity index (χ3n) is 1.38. The Balaban J connectivity index is 3.43. The minimum Gasteiger partial charge on any atom is -0.275 e. The fourth-order valence-corrected chi connectivity index (χ4v) is 1.05. The number of nitro groups is 1. The topological polar surface area (TPSA) is 60.2 Å². The van der Waals surface area contributed by atoms with E-state index < -0.39 is 27.2 Å². The van der Waals surface area contributed by atoms with E-state index in [9.17, 15) is 19.3 Å². The van der Waals surface area contributed by atoms with Gasteiger partial charge in [0.15, 0.2) is 0 Å². The summed E-state index contributed by atoms with van der Waals surface area (Å²) in [5.41, 5.74) is -1.32. The molecule has 0 aliphatic heterocycles. The molecule has 6 heteroatoms. The summed E-state index contributed by atoms with van der Waals surface area (Å²) in [5.74, 6) is -0.991. The van der Waals surface area contributed by atoms with Gasteiger partial charge < -0.3 is 0 Å². The van der Waals surface area contributed by atoms with Crippen molar-refractivity contribution in [2.24, 2.45) is 0 Å². The van der Waals surface area contributed by atoms with E-state index in [1.807, 2.05) is 0 Å². The Morgan fingerprint density at radius 3 is 2.54 bits per heavy atom. The van der Waals surface area contributed by atoms with Gasteiger partial charge in [-0.3, -0.25) is 14.9 Å².